The summed E-state index contributed by atoms with van der Waals surface area (Å²) in [5, 5.41) is 14.2. The summed E-state index contributed by atoms with van der Waals surface area (Å²) in [7, 11) is 0. The summed E-state index contributed by atoms with van der Waals surface area (Å²) in [6.07, 6.45) is 6.16. The number of thioether (sulfide) groups is 1. The maximum Gasteiger partial charge on any atom is 0.329 e. The number of hydrogen-bond acceptors (Lipinski definition) is 3. The van der Waals surface area contributed by atoms with Gasteiger partial charge in [-0.25, -0.2) is 9.59 Å². The van der Waals surface area contributed by atoms with E-state index in [1.807, 2.05) is 6.92 Å². The number of aliphatic carboxylic acids is 1. The van der Waals surface area contributed by atoms with E-state index in [-0.39, 0.29) is 0 Å². The molecule has 0 saturated heterocycles. The van der Waals surface area contributed by atoms with Gasteiger partial charge >= 0.3 is 12.0 Å². The molecule has 0 bridgehead atoms. The van der Waals surface area contributed by atoms with E-state index in [2.05, 4.69) is 16.6 Å². The largest absolute Gasteiger partial charge is 0.480 e. The molecule has 0 aliphatic heterocycles. The lowest BCUT2D eigenvalue weighted by atomic mass is 9.97. The quantitative estimate of drug-likeness (QED) is 0.459. The Morgan fingerprint density at radius 1 is 1.50 bits per heavy atom. The van der Waals surface area contributed by atoms with E-state index in [0.29, 0.717) is 30.9 Å². The van der Waals surface area contributed by atoms with Crippen LogP contribution in [-0.2, 0) is 4.79 Å². The molecule has 0 radical (unpaired) electrons. The zero-order chi connectivity index (χ0) is 14.0. The van der Waals surface area contributed by atoms with E-state index in [4.69, 9.17) is 11.5 Å². The Balaban J connectivity index is 4.04. The minimum atomic E-state index is -1.22. The first-order chi connectivity index (χ1) is 8.46. The Hall–Kier alpha value is -1.35. The molecule has 0 spiro atoms. The van der Waals surface area contributed by atoms with Gasteiger partial charge in [-0.15, -0.1) is 18.2 Å². The molecule has 0 aliphatic carbocycles. The van der Waals surface area contributed by atoms with Crippen molar-refractivity contribution in [2.75, 3.05) is 18.1 Å². The van der Waals surface area contributed by atoms with Crippen LogP contribution in [0.2, 0.25) is 0 Å². The Labute approximate surface area is 112 Å². The Bertz CT molecular complexity index is 328. The number of rotatable bonds is 8. The summed E-state index contributed by atoms with van der Waals surface area (Å²) in [4.78, 5) is 22.6. The molecule has 0 heterocycles. The van der Waals surface area contributed by atoms with E-state index in [9.17, 15) is 9.59 Å². The highest BCUT2D eigenvalue weighted by Crippen LogP contribution is 2.12. The number of carboxylic acids is 1. The summed E-state index contributed by atoms with van der Waals surface area (Å²) in [5.41, 5.74) is -1.22. The van der Waals surface area contributed by atoms with Crippen molar-refractivity contribution in [3.05, 3.63) is 0 Å². The number of urea groups is 1. The van der Waals surface area contributed by atoms with Crippen LogP contribution in [0.5, 0.6) is 0 Å². The van der Waals surface area contributed by atoms with Crippen molar-refractivity contribution in [2.45, 2.75) is 32.2 Å². The van der Waals surface area contributed by atoms with Gasteiger partial charge in [-0.1, -0.05) is 19.3 Å². The average Bonchev–Trinajstić information content (AvgIpc) is 2.28. The van der Waals surface area contributed by atoms with Crippen molar-refractivity contribution in [3.8, 4) is 12.3 Å². The molecule has 0 rings (SSSR count). The molecule has 0 aromatic rings. The fraction of sp³-hybridized carbons (Fsp3) is 0.667. The van der Waals surface area contributed by atoms with Crippen LogP contribution >= 0.6 is 11.8 Å². The molecule has 2 amide bonds. The van der Waals surface area contributed by atoms with Gasteiger partial charge in [0.15, 0.2) is 0 Å². The molecular formula is C12H20N2O3S. The fourth-order valence-electron chi connectivity index (χ4n) is 1.39. The van der Waals surface area contributed by atoms with Crippen molar-refractivity contribution in [3.63, 3.8) is 0 Å². The Morgan fingerprint density at radius 3 is 2.67 bits per heavy atom. The van der Waals surface area contributed by atoms with E-state index in [0.717, 1.165) is 0 Å². The standard InChI is InChI=1S/C12H20N2O3S/c1-4-6-12(3,10(15)16)14-11(17)13-7-9-18-8-5-2/h2H,4,6-9H2,1,3H3,(H,15,16)(H2,13,14,17). The monoisotopic (exact) mass is 272 g/mol. The van der Waals surface area contributed by atoms with Crippen molar-refractivity contribution >= 4 is 23.8 Å². The molecule has 18 heavy (non-hydrogen) atoms. The molecule has 0 aliphatic rings. The highest BCUT2D eigenvalue weighted by molar-refractivity contribution is 7.99. The van der Waals surface area contributed by atoms with Gasteiger partial charge in [0.05, 0.1) is 5.75 Å². The number of carbonyl (C=O) groups is 2. The first-order valence-corrected chi connectivity index (χ1v) is 6.92. The second-order valence-corrected chi connectivity index (χ2v) is 5.13. The van der Waals surface area contributed by atoms with Crippen LogP contribution in [0.1, 0.15) is 26.7 Å². The first-order valence-electron chi connectivity index (χ1n) is 5.77. The predicted molar refractivity (Wildman–Crippen MR) is 73.6 cm³/mol. The normalized spacial score (nSPS) is 13.2. The number of nitrogens with one attached hydrogen (secondary N) is 2. The number of hydrogen-bond donors (Lipinski definition) is 3. The highest BCUT2D eigenvalue weighted by Gasteiger charge is 2.33. The minimum absolute atomic E-state index is 0.390. The third-order valence-electron chi connectivity index (χ3n) is 2.33. The zero-order valence-corrected chi connectivity index (χ0v) is 11.6. The minimum Gasteiger partial charge on any atom is -0.480 e. The van der Waals surface area contributed by atoms with E-state index < -0.39 is 17.5 Å². The Kier molecular flexibility index (Phi) is 8.05. The van der Waals surface area contributed by atoms with Crippen LogP contribution < -0.4 is 10.6 Å². The average molecular weight is 272 g/mol. The predicted octanol–water partition coefficient (Wildman–Crippen LogP) is 1.30. The van der Waals surface area contributed by atoms with Crippen molar-refractivity contribution in [1.29, 1.82) is 0 Å². The molecule has 3 N–H and O–H groups in total. The maximum atomic E-state index is 11.5. The lowest BCUT2D eigenvalue weighted by Crippen LogP contribution is -2.55. The Morgan fingerprint density at radius 2 is 2.17 bits per heavy atom. The highest BCUT2D eigenvalue weighted by atomic mass is 32.2. The summed E-state index contributed by atoms with van der Waals surface area (Å²) in [5.74, 6) is 2.76. The second-order valence-electron chi connectivity index (χ2n) is 4.02. The fourth-order valence-corrected chi connectivity index (χ4v) is 1.89. The van der Waals surface area contributed by atoms with E-state index in [1.54, 1.807) is 0 Å². The lowest BCUT2D eigenvalue weighted by Gasteiger charge is -2.25. The van der Waals surface area contributed by atoms with Crippen LogP contribution in [0.3, 0.4) is 0 Å². The molecule has 0 saturated carbocycles. The zero-order valence-electron chi connectivity index (χ0n) is 10.8. The van der Waals surface area contributed by atoms with Gasteiger partial charge in [0.25, 0.3) is 0 Å². The third-order valence-corrected chi connectivity index (χ3v) is 3.19. The molecule has 1 unspecified atom stereocenters. The lowest BCUT2D eigenvalue weighted by molar-refractivity contribution is -0.144. The van der Waals surface area contributed by atoms with Crippen molar-refractivity contribution in [1.82, 2.24) is 10.6 Å². The van der Waals surface area contributed by atoms with Crippen LogP contribution in [0, 0.1) is 12.3 Å². The van der Waals surface area contributed by atoms with Crippen molar-refractivity contribution in [2.24, 2.45) is 0 Å². The van der Waals surface area contributed by atoms with Gasteiger partial charge < -0.3 is 15.7 Å². The molecule has 1 atom stereocenters. The number of carbonyl (C=O) groups excluding carboxylic acids is 1. The molecule has 5 nitrogen and oxygen atoms in total. The van der Waals surface area contributed by atoms with E-state index >= 15 is 0 Å². The first kappa shape index (κ1) is 16.6. The third kappa shape index (κ3) is 6.40. The summed E-state index contributed by atoms with van der Waals surface area (Å²) < 4.78 is 0. The van der Waals surface area contributed by atoms with E-state index in [1.165, 1.54) is 18.7 Å². The van der Waals surface area contributed by atoms with Crippen molar-refractivity contribution < 1.29 is 14.7 Å². The van der Waals surface area contributed by atoms with Gasteiger partial charge in [0.1, 0.15) is 5.54 Å². The van der Waals surface area contributed by atoms with Gasteiger partial charge in [-0.05, 0) is 13.3 Å². The van der Waals surface area contributed by atoms with Gasteiger partial charge in [0, 0.05) is 12.3 Å². The number of terminal acetylenes is 1. The van der Waals surface area contributed by atoms with Crippen LogP contribution in [0.4, 0.5) is 4.79 Å². The SMILES string of the molecule is C#CCSCCNC(=O)NC(C)(CCC)C(=O)O. The van der Waals surface area contributed by atoms with Gasteiger partial charge in [0.2, 0.25) is 0 Å². The summed E-state index contributed by atoms with van der Waals surface area (Å²) in [6.45, 7) is 3.84. The van der Waals surface area contributed by atoms with Crippen LogP contribution in [-0.4, -0.2) is 40.7 Å². The van der Waals surface area contributed by atoms with Crippen LogP contribution in [0.25, 0.3) is 0 Å². The topological polar surface area (TPSA) is 78.4 Å². The summed E-state index contributed by atoms with van der Waals surface area (Å²) >= 11 is 1.53. The molecule has 0 aromatic carbocycles. The number of carboxylic acid groups (broad SMARTS) is 1. The molecule has 0 aromatic heterocycles. The maximum absolute atomic E-state index is 11.5. The second kappa shape index (κ2) is 8.70. The number of amides is 2. The molecule has 0 fully saturated rings. The smallest absolute Gasteiger partial charge is 0.329 e. The molecule has 102 valence electrons. The van der Waals surface area contributed by atoms with Gasteiger partial charge in [-0.3, -0.25) is 0 Å². The molecular weight excluding hydrogens is 252 g/mol. The summed E-state index contributed by atoms with van der Waals surface area (Å²) in [6, 6.07) is -0.463. The molecule has 6 heteroatoms. The van der Waals surface area contributed by atoms with Gasteiger partial charge in [-0.2, -0.15) is 0 Å². The van der Waals surface area contributed by atoms with Crippen LogP contribution in [0.15, 0.2) is 0 Å².